The number of nitrogens with zero attached hydrogens (tertiary/aromatic N) is 1. The summed E-state index contributed by atoms with van der Waals surface area (Å²) in [4.78, 5) is 0. The van der Waals surface area contributed by atoms with Crippen molar-refractivity contribution >= 4 is 0 Å². The van der Waals surface area contributed by atoms with E-state index in [9.17, 15) is 0 Å². The van der Waals surface area contributed by atoms with E-state index in [1.54, 1.807) is 0 Å². The highest BCUT2D eigenvalue weighted by Gasteiger charge is 2.10. The number of hydrogen-bond donors (Lipinski definition) is 2. The van der Waals surface area contributed by atoms with Crippen molar-refractivity contribution in [3.8, 4) is 11.1 Å². The highest BCUT2D eigenvalue weighted by molar-refractivity contribution is 5.65. The maximum Gasteiger partial charge on any atom is 0.0594 e. The molecule has 0 saturated carbocycles. The normalized spacial score (nSPS) is 12.7. The van der Waals surface area contributed by atoms with Crippen molar-refractivity contribution < 1.29 is 0 Å². The van der Waals surface area contributed by atoms with E-state index in [-0.39, 0.29) is 6.04 Å². The lowest BCUT2D eigenvalue weighted by atomic mass is 10.0. The smallest absolute Gasteiger partial charge is 0.0594 e. The quantitative estimate of drug-likeness (QED) is 0.784. The number of aryl methyl sites for hydroxylation is 1. The average molecular weight is 201 g/mol. The number of nitrogens with two attached hydrogens (primary N) is 1. The molecule has 0 aliphatic rings. The molecule has 3 nitrogen and oxygen atoms in total. The third kappa shape index (κ3) is 1.92. The van der Waals surface area contributed by atoms with Crippen LogP contribution in [0.4, 0.5) is 0 Å². The largest absolute Gasteiger partial charge is 0.323 e. The van der Waals surface area contributed by atoms with Crippen molar-refractivity contribution in [2.75, 3.05) is 0 Å². The summed E-state index contributed by atoms with van der Waals surface area (Å²) >= 11 is 0. The summed E-state index contributed by atoms with van der Waals surface area (Å²) < 4.78 is 0. The zero-order chi connectivity index (χ0) is 10.8. The van der Waals surface area contributed by atoms with E-state index in [1.807, 2.05) is 13.1 Å². The van der Waals surface area contributed by atoms with Crippen LogP contribution in [0.2, 0.25) is 0 Å². The third-order valence-corrected chi connectivity index (χ3v) is 2.49. The summed E-state index contributed by atoms with van der Waals surface area (Å²) in [6.07, 6.45) is 1.82. The van der Waals surface area contributed by atoms with E-state index in [1.165, 1.54) is 5.56 Å². The Morgan fingerprint density at radius 3 is 2.53 bits per heavy atom. The van der Waals surface area contributed by atoms with Gasteiger partial charge in [0.2, 0.25) is 0 Å². The number of benzene rings is 1. The van der Waals surface area contributed by atoms with E-state index in [0.29, 0.717) is 0 Å². The first kappa shape index (κ1) is 9.93. The molecule has 0 fully saturated rings. The van der Waals surface area contributed by atoms with Crippen molar-refractivity contribution in [3.05, 3.63) is 41.7 Å². The van der Waals surface area contributed by atoms with Gasteiger partial charge in [-0.2, -0.15) is 5.10 Å². The topological polar surface area (TPSA) is 54.7 Å². The first-order valence-electron chi connectivity index (χ1n) is 5.04. The lowest BCUT2D eigenvalue weighted by Gasteiger charge is -2.06. The molecule has 2 aromatic rings. The minimum Gasteiger partial charge on any atom is -0.323 e. The van der Waals surface area contributed by atoms with Crippen LogP contribution in [-0.4, -0.2) is 10.2 Å². The molecular formula is C12H15N3. The molecule has 3 heteroatoms. The van der Waals surface area contributed by atoms with E-state index < -0.39 is 0 Å². The SMILES string of the molecule is Cc1ccc(-c2cn[nH]c2C(C)N)cc1. The number of hydrogen-bond acceptors (Lipinski definition) is 2. The highest BCUT2D eigenvalue weighted by Crippen LogP contribution is 2.25. The molecule has 0 spiro atoms. The Morgan fingerprint density at radius 2 is 1.93 bits per heavy atom. The van der Waals surface area contributed by atoms with Crippen molar-refractivity contribution in [3.63, 3.8) is 0 Å². The van der Waals surface area contributed by atoms with Gasteiger partial charge in [-0.25, -0.2) is 0 Å². The molecule has 1 aromatic carbocycles. The molecule has 0 amide bonds. The summed E-state index contributed by atoms with van der Waals surface area (Å²) in [6, 6.07) is 8.34. The van der Waals surface area contributed by atoms with Gasteiger partial charge in [-0.15, -0.1) is 0 Å². The van der Waals surface area contributed by atoms with Crippen LogP contribution in [-0.2, 0) is 0 Å². The van der Waals surface area contributed by atoms with Crippen LogP contribution < -0.4 is 5.73 Å². The van der Waals surface area contributed by atoms with Gasteiger partial charge in [0.15, 0.2) is 0 Å². The van der Waals surface area contributed by atoms with Crippen LogP contribution in [0.1, 0.15) is 24.2 Å². The molecule has 0 aliphatic heterocycles. The molecule has 0 radical (unpaired) electrons. The van der Waals surface area contributed by atoms with Gasteiger partial charge < -0.3 is 5.73 Å². The van der Waals surface area contributed by atoms with Crippen LogP contribution in [0.25, 0.3) is 11.1 Å². The fraction of sp³-hybridized carbons (Fsp3) is 0.250. The Morgan fingerprint density at radius 1 is 1.27 bits per heavy atom. The second kappa shape index (κ2) is 3.87. The van der Waals surface area contributed by atoms with Gasteiger partial charge in [-0.1, -0.05) is 29.8 Å². The molecule has 0 aliphatic carbocycles. The molecule has 1 aromatic heterocycles. The van der Waals surface area contributed by atoms with Gasteiger partial charge in [-0.05, 0) is 19.4 Å². The monoisotopic (exact) mass is 201 g/mol. The Labute approximate surface area is 89.3 Å². The van der Waals surface area contributed by atoms with Gasteiger partial charge >= 0.3 is 0 Å². The predicted octanol–water partition coefficient (Wildman–Crippen LogP) is 2.40. The molecule has 0 bridgehead atoms. The standard InChI is InChI=1S/C12H15N3/c1-8-3-5-10(6-4-8)11-7-14-15-12(11)9(2)13/h3-7,9H,13H2,1-2H3,(H,14,15). The molecule has 78 valence electrons. The summed E-state index contributed by atoms with van der Waals surface area (Å²) in [5.74, 6) is 0. The van der Waals surface area contributed by atoms with Crippen molar-refractivity contribution in [1.82, 2.24) is 10.2 Å². The van der Waals surface area contributed by atoms with E-state index in [2.05, 4.69) is 41.4 Å². The average Bonchev–Trinajstić information content (AvgIpc) is 2.67. The van der Waals surface area contributed by atoms with Crippen molar-refractivity contribution in [2.24, 2.45) is 5.73 Å². The number of aromatic amines is 1. The molecule has 1 heterocycles. The van der Waals surface area contributed by atoms with Crippen molar-refractivity contribution in [1.29, 1.82) is 0 Å². The lowest BCUT2D eigenvalue weighted by Crippen LogP contribution is -2.06. The lowest BCUT2D eigenvalue weighted by molar-refractivity contribution is 0.774. The fourth-order valence-corrected chi connectivity index (χ4v) is 1.61. The zero-order valence-corrected chi connectivity index (χ0v) is 8.99. The fourth-order valence-electron chi connectivity index (χ4n) is 1.61. The maximum absolute atomic E-state index is 5.85. The number of rotatable bonds is 2. The molecule has 1 atom stereocenters. The van der Waals surface area contributed by atoms with Crippen LogP contribution >= 0.6 is 0 Å². The van der Waals surface area contributed by atoms with Crippen LogP contribution in [0.5, 0.6) is 0 Å². The van der Waals surface area contributed by atoms with E-state index >= 15 is 0 Å². The second-order valence-electron chi connectivity index (χ2n) is 3.85. The first-order valence-corrected chi connectivity index (χ1v) is 5.04. The first-order chi connectivity index (χ1) is 7.18. The van der Waals surface area contributed by atoms with Gasteiger partial charge in [0.1, 0.15) is 0 Å². The molecule has 15 heavy (non-hydrogen) atoms. The second-order valence-corrected chi connectivity index (χ2v) is 3.85. The molecular weight excluding hydrogens is 186 g/mol. The Kier molecular flexibility index (Phi) is 2.56. The van der Waals surface area contributed by atoms with Gasteiger partial charge in [0.05, 0.1) is 11.9 Å². The highest BCUT2D eigenvalue weighted by atomic mass is 15.1. The molecule has 0 saturated heterocycles. The van der Waals surface area contributed by atoms with Gasteiger partial charge in [0, 0.05) is 11.6 Å². The number of H-pyrrole nitrogens is 1. The Balaban J connectivity index is 2.45. The zero-order valence-electron chi connectivity index (χ0n) is 8.99. The third-order valence-electron chi connectivity index (χ3n) is 2.49. The van der Waals surface area contributed by atoms with Crippen LogP contribution in [0, 0.1) is 6.92 Å². The van der Waals surface area contributed by atoms with E-state index in [4.69, 9.17) is 5.73 Å². The van der Waals surface area contributed by atoms with Gasteiger partial charge in [-0.3, -0.25) is 5.10 Å². The molecule has 1 unspecified atom stereocenters. The molecule has 2 rings (SSSR count). The van der Waals surface area contributed by atoms with Crippen LogP contribution in [0.3, 0.4) is 0 Å². The maximum atomic E-state index is 5.85. The van der Waals surface area contributed by atoms with Crippen molar-refractivity contribution in [2.45, 2.75) is 19.9 Å². The summed E-state index contributed by atoms with van der Waals surface area (Å²) in [5, 5.41) is 6.98. The predicted molar refractivity (Wildman–Crippen MR) is 61.4 cm³/mol. The van der Waals surface area contributed by atoms with E-state index in [0.717, 1.165) is 16.8 Å². The minimum absolute atomic E-state index is 0.0243. The summed E-state index contributed by atoms with van der Waals surface area (Å²) in [6.45, 7) is 4.02. The number of aromatic nitrogens is 2. The molecule has 3 N–H and O–H groups in total. The summed E-state index contributed by atoms with van der Waals surface area (Å²) in [5.41, 5.74) is 10.3. The number of nitrogens with one attached hydrogen (secondary N) is 1. The van der Waals surface area contributed by atoms with Crippen LogP contribution in [0.15, 0.2) is 30.5 Å². The Hall–Kier alpha value is -1.61. The summed E-state index contributed by atoms with van der Waals surface area (Å²) in [7, 11) is 0. The van der Waals surface area contributed by atoms with Gasteiger partial charge in [0.25, 0.3) is 0 Å². The Bertz CT molecular complexity index is 440. The minimum atomic E-state index is -0.0243.